The van der Waals surface area contributed by atoms with Gasteiger partial charge in [-0.05, 0) is 130 Å². The summed E-state index contributed by atoms with van der Waals surface area (Å²) in [6, 6.07) is 0. The Hall–Kier alpha value is -1.59. The van der Waals surface area contributed by atoms with Crippen LogP contribution in [0.25, 0.3) is 0 Å². The maximum atomic E-state index is 13.4. The van der Waals surface area contributed by atoms with Crippen LogP contribution in [-0.4, -0.2) is 38.2 Å². The quantitative estimate of drug-likeness (QED) is 0.0262. The first-order valence-corrected chi connectivity index (χ1v) is 28.9. The average Bonchev–Trinajstić information content (AvgIpc) is 3.26. The van der Waals surface area contributed by atoms with E-state index >= 15 is 0 Å². The molecule has 0 aromatic rings. The van der Waals surface area contributed by atoms with E-state index in [1.54, 1.807) is 0 Å². The molecule has 2 fully saturated rings. The summed E-state index contributed by atoms with van der Waals surface area (Å²) in [7, 11) is 0. The van der Waals surface area contributed by atoms with Gasteiger partial charge in [0.1, 0.15) is 0 Å². The standard InChI is InChI=1S/C59H110O6/c1-7-11-15-19-23-27-34-52(35-28-24-20-16-12-8-2)44-55(61)64-42-32-39-58(6)47-54-46-57(5,38-31-41-63-51-60)49-59(48-54,50-58)40-33-43-65-56(62)45-53(36-29-25-21-17-13-9-3)37-30-26-22-18-14-10-4/h51-54H,7-50H2,1-6H3. The molecule has 2 saturated carbocycles. The molecule has 65 heavy (non-hydrogen) atoms. The van der Waals surface area contributed by atoms with Gasteiger partial charge in [-0.1, -0.05) is 196 Å². The van der Waals surface area contributed by atoms with Crippen molar-refractivity contribution in [3.05, 3.63) is 0 Å². The van der Waals surface area contributed by atoms with Crippen molar-refractivity contribution in [3.63, 3.8) is 0 Å². The van der Waals surface area contributed by atoms with Gasteiger partial charge in [-0.25, -0.2) is 0 Å². The van der Waals surface area contributed by atoms with E-state index in [1.165, 1.54) is 199 Å². The molecule has 6 nitrogen and oxygen atoms in total. The molecule has 382 valence electrons. The number of carbonyl (C=O) groups excluding carboxylic acids is 3. The van der Waals surface area contributed by atoms with E-state index in [2.05, 4.69) is 41.5 Å². The molecule has 4 atom stereocenters. The van der Waals surface area contributed by atoms with E-state index in [0.717, 1.165) is 51.4 Å². The van der Waals surface area contributed by atoms with Crippen molar-refractivity contribution in [3.8, 4) is 0 Å². The Labute approximate surface area is 404 Å². The van der Waals surface area contributed by atoms with Crippen LogP contribution in [-0.2, 0) is 28.6 Å². The van der Waals surface area contributed by atoms with Crippen LogP contribution >= 0.6 is 0 Å². The molecular weight excluding hydrogens is 805 g/mol. The number of rotatable bonds is 45. The Morgan fingerprint density at radius 1 is 0.462 bits per heavy atom. The molecule has 0 spiro atoms. The minimum absolute atomic E-state index is 0.0187. The number of unbranched alkanes of at least 4 members (excludes halogenated alkanes) is 20. The fourth-order valence-electron chi connectivity index (χ4n) is 13.1. The van der Waals surface area contributed by atoms with Gasteiger partial charge in [0.2, 0.25) is 0 Å². The highest BCUT2D eigenvalue weighted by Crippen LogP contribution is 2.64. The van der Waals surface area contributed by atoms with Gasteiger partial charge >= 0.3 is 11.9 Å². The summed E-state index contributed by atoms with van der Waals surface area (Å²) in [5.74, 6) is 1.62. The Morgan fingerprint density at radius 3 is 1.17 bits per heavy atom. The molecule has 0 aromatic heterocycles. The zero-order valence-electron chi connectivity index (χ0n) is 44.4. The summed E-state index contributed by atoms with van der Waals surface area (Å²) >= 11 is 0. The van der Waals surface area contributed by atoms with Crippen molar-refractivity contribution in [1.29, 1.82) is 0 Å². The van der Waals surface area contributed by atoms with Gasteiger partial charge in [-0.3, -0.25) is 14.4 Å². The second kappa shape index (κ2) is 37.3. The summed E-state index contributed by atoms with van der Waals surface area (Å²) in [5.41, 5.74) is 0.661. The first-order valence-electron chi connectivity index (χ1n) is 28.9. The second-order valence-corrected chi connectivity index (χ2v) is 23.0. The van der Waals surface area contributed by atoms with Crippen LogP contribution in [0.15, 0.2) is 0 Å². The third-order valence-corrected chi connectivity index (χ3v) is 16.1. The average molecular weight is 916 g/mol. The number of fused-ring (bicyclic) bond motifs is 2. The van der Waals surface area contributed by atoms with Crippen molar-refractivity contribution in [2.24, 2.45) is 34.0 Å². The molecule has 0 heterocycles. The van der Waals surface area contributed by atoms with E-state index in [9.17, 15) is 14.4 Å². The van der Waals surface area contributed by atoms with Crippen LogP contribution in [0.3, 0.4) is 0 Å². The highest BCUT2D eigenvalue weighted by Gasteiger charge is 2.52. The smallest absolute Gasteiger partial charge is 0.306 e. The largest absolute Gasteiger partial charge is 0.468 e. The van der Waals surface area contributed by atoms with Crippen LogP contribution in [0.1, 0.15) is 305 Å². The molecule has 0 saturated heterocycles. The summed E-state index contributed by atoms with van der Waals surface area (Å²) < 4.78 is 17.2. The molecule has 0 amide bonds. The third-order valence-electron chi connectivity index (χ3n) is 16.1. The van der Waals surface area contributed by atoms with Crippen LogP contribution in [0.5, 0.6) is 0 Å². The SMILES string of the molecule is CCCCCCCCC(CCCCCCCC)CC(=O)OCCCC1(C)CC2CC(C)(CCCOC=O)CC(CCCOC(=O)CC(CCCCCCCC)CCCCCCCC)(C2)C1. The zero-order valence-corrected chi connectivity index (χ0v) is 44.4. The van der Waals surface area contributed by atoms with E-state index in [0.29, 0.717) is 56.9 Å². The van der Waals surface area contributed by atoms with Crippen molar-refractivity contribution in [1.82, 2.24) is 0 Å². The Balaban J connectivity index is 1.97. The van der Waals surface area contributed by atoms with Crippen molar-refractivity contribution < 1.29 is 28.6 Å². The fraction of sp³-hybridized carbons (Fsp3) is 0.949. The summed E-state index contributed by atoms with van der Waals surface area (Å²) in [5, 5.41) is 0. The normalized spacial score (nSPS) is 21.8. The van der Waals surface area contributed by atoms with E-state index < -0.39 is 0 Å². The first kappa shape index (κ1) is 59.5. The fourth-order valence-corrected chi connectivity index (χ4v) is 13.1. The maximum Gasteiger partial charge on any atom is 0.306 e. The maximum absolute atomic E-state index is 13.4. The minimum atomic E-state index is 0.0187. The van der Waals surface area contributed by atoms with Gasteiger partial charge in [0, 0.05) is 12.8 Å². The molecular formula is C59H110O6. The number of hydrogen-bond acceptors (Lipinski definition) is 6. The highest BCUT2D eigenvalue weighted by atomic mass is 16.5. The predicted octanol–water partition coefficient (Wildman–Crippen LogP) is 18.2. The molecule has 2 rings (SSSR count). The lowest BCUT2D eigenvalue weighted by atomic mass is 9.47. The molecule has 2 bridgehead atoms. The summed E-state index contributed by atoms with van der Waals surface area (Å²) in [6.07, 6.45) is 49.2. The van der Waals surface area contributed by atoms with Gasteiger partial charge < -0.3 is 14.2 Å². The van der Waals surface area contributed by atoms with Gasteiger partial charge in [0.05, 0.1) is 19.8 Å². The Bertz CT molecular complexity index is 1140. The Kier molecular flexibility index (Phi) is 34.2. The second-order valence-electron chi connectivity index (χ2n) is 23.0. The topological polar surface area (TPSA) is 78.9 Å². The first-order chi connectivity index (χ1) is 31.5. The summed E-state index contributed by atoms with van der Waals surface area (Å²) in [4.78, 5) is 37.6. The van der Waals surface area contributed by atoms with Gasteiger partial charge in [0.15, 0.2) is 0 Å². The monoisotopic (exact) mass is 915 g/mol. The number of hydrogen-bond donors (Lipinski definition) is 0. The van der Waals surface area contributed by atoms with Crippen LogP contribution in [0.4, 0.5) is 0 Å². The van der Waals surface area contributed by atoms with Crippen molar-refractivity contribution in [2.45, 2.75) is 305 Å². The van der Waals surface area contributed by atoms with E-state index in [4.69, 9.17) is 14.2 Å². The summed E-state index contributed by atoms with van der Waals surface area (Å²) in [6.45, 7) is 16.3. The molecule has 0 aromatic carbocycles. The molecule has 2 aliphatic carbocycles. The number of ether oxygens (including phenoxy) is 3. The predicted molar refractivity (Wildman–Crippen MR) is 275 cm³/mol. The van der Waals surface area contributed by atoms with Gasteiger partial charge in [-0.2, -0.15) is 0 Å². The van der Waals surface area contributed by atoms with Crippen molar-refractivity contribution in [2.75, 3.05) is 19.8 Å². The molecule has 2 aliphatic rings. The lowest BCUT2D eigenvalue weighted by Crippen LogP contribution is -2.47. The molecule has 0 radical (unpaired) electrons. The lowest BCUT2D eigenvalue weighted by Gasteiger charge is -2.58. The lowest BCUT2D eigenvalue weighted by molar-refractivity contribution is -0.146. The van der Waals surface area contributed by atoms with Gasteiger partial charge in [-0.15, -0.1) is 0 Å². The van der Waals surface area contributed by atoms with Crippen LogP contribution in [0, 0.1) is 34.0 Å². The third kappa shape index (κ3) is 29.1. The Morgan fingerprint density at radius 2 is 0.800 bits per heavy atom. The highest BCUT2D eigenvalue weighted by molar-refractivity contribution is 5.70. The number of esters is 2. The van der Waals surface area contributed by atoms with Crippen LogP contribution < -0.4 is 0 Å². The van der Waals surface area contributed by atoms with Gasteiger partial charge in [0.25, 0.3) is 6.47 Å². The van der Waals surface area contributed by atoms with E-state index in [1.807, 2.05) is 0 Å². The van der Waals surface area contributed by atoms with Crippen molar-refractivity contribution >= 4 is 18.4 Å². The van der Waals surface area contributed by atoms with E-state index in [-0.39, 0.29) is 28.2 Å². The molecule has 0 aliphatic heterocycles. The minimum Gasteiger partial charge on any atom is -0.468 e. The number of carbonyl (C=O) groups is 3. The molecule has 0 N–H and O–H groups in total. The zero-order chi connectivity index (χ0) is 47.3. The molecule has 4 unspecified atom stereocenters. The van der Waals surface area contributed by atoms with Crippen LogP contribution in [0.2, 0.25) is 0 Å². The molecule has 6 heteroatoms.